The Hall–Kier alpha value is -0.840. The van der Waals surface area contributed by atoms with E-state index < -0.39 is 0 Å². The van der Waals surface area contributed by atoms with E-state index in [-0.39, 0.29) is 12.2 Å². The fraction of sp³-hybridized carbons (Fsp3) is 0.889. The van der Waals surface area contributed by atoms with Crippen LogP contribution in [0.25, 0.3) is 10.4 Å². The highest BCUT2D eigenvalue weighted by Gasteiger charge is 2.33. The van der Waals surface area contributed by atoms with Crippen LogP contribution in [0.15, 0.2) is 5.11 Å². The monoisotopic (exact) mass is 229 g/mol. The van der Waals surface area contributed by atoms with E-state index in [1.807, 2.05) is 6.92 Å². The van der Waals surface area contributed by atoms with Gasteiger partial charge in [-0.05, 0) is 37.0 Å². The standard InChI is InChI=1S/C9H15N3O2S/c1-6-3-7(4-9(15)13-2)8(14-6)5-11-12-10/h6-8H,3-5H2,1-2H3/t6?,7-,8+/m0/s1. The van der Waals surface area contributed by atoms with Gasteiger partial charge in [0.1, 0.15) is 0 Å². The van der Waals surface area contributed by atoms with E-state index in [0.717, 1.165) is 6.42 Å². The number of methoxy groups -OCH3 is 1. The molecule has 1 aliphatic heterocycles. The van der Waals surface area contributed by atoms with Crippen LogP contribution in [0.1, 0.15) is 19.8 Å². The molecule has 0 aromatic carbocycles. The number of nitrogens with zero attached hydrogens (tertiary/aromatic N) is 3. The molecular formula is C9H15N3O2S. The lowest BCUT2D eigenvalue weighted by molar-refractivity contribution is 0.0500. The van der Waals surface area contributed by atoms with Gasteiger partial charge < -0.3 is 9.47 Å². The summed E-state index contributed by atoms with van der Waals surface area (Å²) in [7, 11) is 1.57. The molecule has 0 bridgehead atoms. The number of ether oxygens (including phenoxy) is 2. The predicted molar refractivity (Wildman–Crippen MR) is 60.7 cm³/mol. The summed E-state index contributed by atoms with van der Waals surface area (Å²) in [5, 5.41) is 4.13. The molecule has 1 fully saturated rings. The minimum Gasteiger partial charge on any atom is -0.490 e. The molecule has 0 spiro atoms. The van der Waals surface area contributed by atoms with E-state index in [0.29, 0.717) is 23.9 Å². The highest BCUT2D eigenvalue weighted by atomic mass is 32.1. The second kappa shape index (κ2) is 5.90. The first-order chi connectivity index (χ1) is 7.17. The molecule has 1 aliphatic rings. The summed E-state index contributed by atoms with van der Waals surface area (Å²) < 4.78 is 10.6. The van der Waals surface area contributed by atoms with Crippen LogP contribution in [0.2, 0.25) is 0 Å². The zero-order chi connectivity index (χ0) is 11.3. The number of hydrogen-bond donors (Lipinski definition) is 0. The van der Waals surface area contributed by atoms with Crippen molar-refractivity contribution >= 4 is 17.3 Å². The van der Waals surface area contributed by atoms with Gasteiger partial charge in [0.05, 0.1) is 25.9 Å². The second-order valence-corrected chi connectivity index (χ2v) is 4.13. The van der Waals surface area contributed by atoms with Crippen molar-refractivity contribution in [1.29, 1.82) is 0 Å². The first-order valence-electron chi connectivity index (χ1n) is 4.90. The molecule has 6 heteroatoms. The van der Waals surface area contributed by atoms with Gasteiger partial charge in [-0.15, -0.1) is 0 Å². The minimum absolute atomic E-state index is 0.0241. The van der Waals surface area contributed by atoms with Crippen molar-refractivity contribution in [3.8, 4) is 0 Å². The van der Waals surface area contributed by atoms with Crippen LogP contribution in [0.3, 0.4) is 0 Å². The third kappa shape index (κ3) is 3.66. The highest BCUT2D eigenvalue weighted by Crippen LogP contribution is 2.29. The zero-order valence-corrected chi connectivity index (χ0v) is 9.74. The summed E-state index contributed by atoms with van der Waals surface area (Å²) in [6.07, 6.45) is 1.81. The largest absolute Gasteiger partial charge is 0.490 e. The van der Waals surface area contributed by atoms with Crippen LogP contribution in [0, 0.1) is 5.92 Å². The Morgan fingerprint density at radius 3 is 3.07 bits per heavy atom. The molecule has 5 nitrogen and oxygen atoms in total. The first kappa shape index (κ1) is 12.2. The van der Waals surface area contributed by atoms with Crippen LogP contribution in [-0.4, -0.2) is 30.9 Å². The quantitative estimate of drug-likeness (QED) is 0.322. The summed E-state index contributed by atoms with van der Waals surface area (Å²) in [4.78, 5) is 2.74. The van der Waals surface area contributed by atoms with Crippen molar-refractivity contribution in [2.75, 3.05) is 13.7 Å². The maximum absolute atomic E-state index is 8.26. The molecule has 0 N–H and O–H groups in total. The van der Waals surface area contributed by atoms with Crippen molar-refractivity contribution in [2.24, 2.45) is 11.0 Å². The van der Waals surface area contributed by atoms with Crippen LogP contribution < -0.4 is 0 Å². The van der Waals surface area contributed by atoms with Gasteiger partial charge in [-0.25, -0.2) is 0 Å². The Balaban J connectivity index is 2.52. The van der Waals surface area contributed by atoms with E-state index in [4.69, 9.17) is 27.2 Å². The van der Waals surface area contributed by atoms with Gasteiger partial charge in [-0.3, -0.25) is 0 Å². The van der Waals surface area contributed by atoms with Crippen LogP contribution in [-0.2, 0) is 9.47 Å². The molecule has 0 aliphatic carbocycles. The lowest BCUT2D eigenvalue weighted by Crippen LogP contribution is -2.22. The molecule has 0 aromatic heterocycles. The van der Waals surface area contributed by atoms with Gasteiger partial charge in [-0.2, -0.15) is 0 Å². The van der Waals surface area contributed by atoms with Crippen LogP contribution in [0.5, 0.6) is 0 Å². The summed E-state index contributed by atoms with van der Waals surface area (Å²) in [5.74, 6) is 0.304. The van der Waals surface area contributed by atoms with E-state index in [1.54, 1.807) is 7.11 Å². The van der Waals surface area contributed by atoms with Crippen molar-refractivity contribution in [2.45, 2.75) is 32.0 Å². The lowest BCUT2D eigenvalue weighted by Gasteiger charge is -2.15. The van der Waals surface area contributed by atoms with E-state index >= 15 is 0 Å². The average molecular weight is 229 g/mol. The summed E-state index contributed by atoms with van der Waals surface area (Å²) in [6.45, 7) is 2.39. The Labute approximate surface area is 94.4 Å². The number of azide groups is 1. The maximum atomic E-state index is 8.26. The molecule has 1 heterocycles. The van der Waals surface area contributed by atoms with Gasteiger partial charge in [-0.1, -0.05) is 5.11 Å². The van der Waals surface area contributed by atoms with Gasteiger partial charge >= 0.3 is 0 Å². The first-order valence-corrected chi connectivity index (χ1v) is 5.31. The summed E-state index contributed by atoms with van der Waals surface area (Å²) >= 11 is 5.01. The van der Waals surface area contributed by atoms with Crippen LogP contribution >= 0.6 is 12.2 Å². The molecule has 1 saturated heterocycles. The SMILES string of the molecule is COC(=S)C[C@@H]1CC(C)O[C@@H]1CN=[N+]=[N-]. The lowest BCUT2D eigenvalue weighted by atomic mass is 9.96. The third-order valence-electron chi connectivity index (χ3n) is 2.55. The molecule has 0 radical (unpaired) electrons. The van der Waals surface area contributed by atoms with Crippen molar-refractivity contribution in [1.82, 2.24) is 0 Å². The number of thiocarbonyl (C=S) groups is 1. The van der Waals surface area contributed by atoms with E-state index in [1.165, 1.54) is 0 Å². The molecule has 15 heavy (non-hydrogen) atoms. The maximum Gasteiger partial charge on any atom is 0.159 e. The zero-order valence-electron chi connectivity index (χ0n) is 8.92. The molecular weight excluding hydrogens is 214 g/mol. The number of hydrogen-bond acceptors (Lipinski definition) is 4. The Morgan fingerprint density at radius 2 is 2.47 bits per heavy atom. The van der Waals surface area contributed by atoms with Crippen molar-refractivity contribution in [3.63, 3.8) is 0 Å². The molecule has 0 saturated carbocycles. The Bertz CT molecular complexity index is 279. The van der Waals surface area contributed by atoms with E-state index in [2.05, 4.69) is 10.0 Å². The van der Waals surface area contributed by atoms with E-state index in [9.17, 15) is 0 Å². The van der Waals surface area contributed by atoms with Gasteiger partial charge in [0.15, 0.2) is 5.05 Å². The smallest absolute Gasteiger partial charge is 0.159 e. The fourth-order valence-corrected chi connectivity index (χ4v) is 2.08. The molecule has 84 valence electrons. The molecule has 0 amide bonds. The normalized spacial score (nSPS) is 29.6. The Morgan fingerprint density at radius 1 is 1.73 bits per heavy atom. The van der Waals surface area contributed by atoms with Crippen molar-refractivity contribution in [3.05, 3.63) is 10.4 Å². The number of rotatable bonds is 4. The summed E-state index contributed by atoms with van der Waals surface area (Å²) in [6, 6.07) is 0. The molecule has 3 atom stereocenters. The van der Waals surface area contributed by atoms with Gasteiger partial charge in [0, 0.05) is 11.3 Å². The Kier molecular flexibility index (Phi) is 4.81. The topological polar surface area (TPSA) is 67.2 Å². The summed E-state index contributed by atoms with van der Waals surface area (Å²) in [5.41, 5.74) is 8.26. The third-order valence-corrected chi connectivity index (χ3v) is 2.88. The van der Waals surface area contributed by atoms with Crippen molar-refractivity contribution < 1.29 is 9.47 Å². The minimum atomic E-state index is -0.0241. The highest BCUT2D eigenvalue weighted by molar-refractivity contribution is 7.80. The average Bonchev–Trinajstić information content (AvgIpc) is 2.55. The molecule has 0 aromatic rings. The predicted octanol–water partition coefficient (Wildman–Crippen LogP) is 2.45. The van der Waals surface area contributed by atoms with Gasteiger partial charge in [0.2, 0.25) is 0 Å². The fourth-order valence-electron chi connectivity index (χ4n) is 1.86. The van der Waals surface area contributed by atoms with Crippen LogP contribution in [0.4, 0.5) is 0 Å². The second-order valence-electron chi connectivity index (χ2n) is 3.67. The molecule has 1 rings (SSSR count). The van der Waals surface area contributed by atoms with Gasteiger partial charge in [0.25, 0.3) is 0 Å². The molecule has 1 unspecified atom stereocenters.